The smallest absolute Gasteiger partial charge is 0.238 e. The molecule has 0 aromatic heterocycles. The zero-order valence-corrected chi connectivity index (χ0v) is 13.3. The highest BCUT2D eigenvalue weighted by atomic mass is 32.2. The van der Waals surface area contributed by atoms with Crippen molar-refractivity contribution in [3.05, 3.63) is 29.8 Å². The molecule has 2 rings (SSSR count). The van der Waals surface area contributed by atoms with Crippen molar-refractivity contribution in [3.63, 3.8) is 0 Å². The molecule has 1 saturated heterocycles. The lowest BCUT2D eigenvalue weighted by Crippen LogP contribution is -2.38. The Balaban J connectivity index is 1.86. The monoisotopic (exact) mass is 321 g/mol. The van der Waals surface area contributed by atoms with Gasteiger partial charge in [-0.1, -0.05) is 12.1 Å². The summed E-state index contributed by atoms with van der Waals surface area (Å²) in [5.74, 6) is 0.142. The number of amides is 1. The van der Waals surface area contributed by atoms with Crippen molar-refractivity contribution in [2.45, 2.75) is 18.9 Å². The van der Waals surface area contributed by atoms with E-state index in [0.29, 0.717) is 18.5 Å². The molecule has 7 heteroatoms. The molecule has 1 atom stereocenters. The summed E-state index contributed by atoms with van der Waals surface area (Å²) < 4.78 is 22.9. The van der Waals surface area contributed by atoms with Crippen molar-refractivity contribution in [1.29, 1.82) is 5.26 Å². The standard InChI is InChI=1S/C15H19N3O3S/c1-18(14-7-9-22(20,21)11-14)10-15(19)17-13-4-2-12(3-5-13)6-8-16/h2-5,14H,6-7,9-11H2,1H3,(H,17,19). The lowest BCUT2D eigenvalue weighted by molar-refractivity contribution is -0.117. The van der Waals surface area contributed by atoms with Crippen LogP contribution in [-0.2, 0) is 21.1 Å². The third-order valence-electron chi connectivity index (χ3n) is 3.75. The molecule has 1 heterocycles. The van der Waals surface area contributed by atoms with Crippen LogP contribution in [-0.4, -0.2) is 50.4 Å². The molecule has 1 fully saturated rings. The number of sulfone groups is 1. The average Bonchev–Trinajstić information content (AvgIpc) is 2.81. The van der Waals surface area contributed by atoms with Crippen LogP contribution in [0.2, 0.25) is 0 Å². The number of benzene rings is 1. The number of nitrogens with zero attached hydrogens (tertiary/aromatic N) is 2. The van der Waals surface area contributed by atoms with Crippen LogP contribution in [0.4, 0.5) is 5.69 Å². The van der Waals surface area contributed by atoms with E-state index in [-0.39, 0.29) is 30.0 Å². The molecule has 118 valence electrons. The number of likely N-dealkylation sites (N-methyl/N-ethyl adjacent to an activating group) is 1. The Bertz CT molecular complexity index is 677. The van der Waals surface area contributed by atoms with Gasteiger partial charge in [0.15, 0.2) is 9.84 Å². The summed E-state index contributed by atoms with van der Waals surface area (Å²) in [6.07, 6.45) is 0.919. The Morgan fingerprint density at radius 2 is 2.09 bits per heavy atom. The Hall–Kier alpha value is -1.91. The fourth-order valence-electron chi connectivity index (χ4n) is 2.48. The van der Waals surface area contributed by atoms with Crippen LogP contribution in [0.1, 0.15) is 12.0 Å². The molecule has 1 aliphatic heterocycles. The van der Waals surface area contributed by atoms with E-state index < -0.39 is 9.84 Å². The molecule has 0 saturated carbocycles. The quantitative estimate of drug-likeness (QED) is 0.867. The maximum atomic E-state index is 12.0. The SMILES string of the molecule is CN(CC(=O)Nc1ccc(CC#N)cc1)C1CCS(=O)(=O)C1. The number of nitrogens with one attached hydrogen (secondary N) is 1. The summed E-state index contributed by atoms with van der Waals surface area (Å²) in [4.78, 5) is 13.8. The lowest BCUT2D eigenvalue weighted by Gasteiger charge is -2.22. The first-order valence-electron chi connectivity index (χ1n) is 7.06. The van der Waals surface area contributed by atoms with Crippen LogP contribution in [0.3, 0.4) is 0 Å². The van der Waals surface area contributed by atoms with Crippen molar-refractivity contribution < 1.29 is 13.2 Å². The highest BCUT2D eigenvalue weighted by Crippen LogP contribution is 2.16. The van der Waals surface area contributed by atoms with E-state index >= 15 is 0 Å². The lowest BCUT2D eigenvalue weighted by atomic mass is 10.1. The van der Waals surface area contributed by atoms with Gasteiger partial charge in [0.1, 0.15) is 0 Å². The van der Waals surface area contributed by atoms with Gasteiger partial charge in [-0.25, -0.2) is 8.42 Å². The predicted molar refractivity (Wildman–Crippen MR) is 84.1 cm³/mol. The van der Waals surface area contributed by atoms with Gasteiger partial charge in [0.25, 0.3) is 0 Å². The van der Waals surface area contributed by atoms with Gasteiger partial charge in [0.05, 0.1) is 30.5 Å². The maximum Gasteiger partial charge on any atom is 0.238 e. The number of nitriles is 1. The number of anilines is 1. The first kappa shape index (κ1) is 16.5. The molecule has 1 aliphatic rings. The second-order valence-corrected chi connectivity index (χ2v) is 7.78. The molecule has 0 aliphatic carbocycles. The van der Waals surface area contributed by atoms with E-state index in [1.165, 1.54) is 0 Å². The van der Waals surface area contributed by atoms with E-state index in [4.69, 9.17) is 5.26 Å². The molecule has 1 N–H and O–H groups in total. The average molecular weight is 321 g/mol. The molecule has 0 spiro atoms. The predicted octanol–water partition coefficient (Wildman–Crippen LogP) is 0.810. The number of hydrogen-bond donors (Lipinski definition) is 1. The Kier molecular flexibility index (Phi) is 5.16. The molecule has 0 bridgehead atoms. The van der Waals surface area contributed by atoms with E-state index in [1.54, 1.807) is 36.2 Å². The Morgan fingerprint density at radius 3 is 2.64 bits per heavy atom. The largest absolute Gasteiger partial charge is 0.325 e. The molecule has 6 nitrogen and oxygen atoms in total. The summed E-state index contributed by atoms with van der Waals surface area (Å²) >= 11 is 0. The molecule has 1 amide bonds. The van der Waals surface area contributed by atoms with E-state index in [9.17, 15) is 13.2 Å². The number of carbonyl (C=O) groups is 1. The van der Waals surface area contributed by atoms with Gasteiger partial charge < -0.3 is 5.32 Å². The summed E-state index contributed by atoms with van der Waals surface area (Å²) in [5.41, 5.74) is 1.56. The molecule has 1 aromatic rings. The minimum absolute atomic E-state index is 0.0891. The Labute approximate surface area is 130 Å². The second kappa shape index (κ2) is 6.90. The van der Waals surface area contributed by atoms with Gasteiger partial charge in [0, 0.05) is 11.7 Å². The zero-order chi connectivity index (χ0) is 16.2. The summed E-state index contributed by atoms with van der Waals surface area (Å²) in [6.45, 7) is 0.153. The first-order valence-corrected chi connectivity index (χ1v) is 8.88. The third-order valence-corrected chi connectivity index (χ3v) is 5.50. The third kappa shape index (κ3) is 4.55. The summed E-state index contributed by atoms with van der Waals surface area (Å²) in [6, 6.07) is 9.08. The second-order valence-electron chi connectivity index (χ2n) is 5.55. The van der Waals surface area contributed by atoms with Crippen LogP contribution in [0.5, 0.6) is 0 Å². The fraction of sp³-hybridized carbons (Fsp3) is 0.467. The number of hydrogen-bond acceptors (Lipinski definition) is 5. The highest BCUT2D eigenvalue weighted by Gasteiger charge is 2.31. The minimum atomic E-state index is -2.95. The van der Waals surface area contributed by atoms with Gasteiger partial charge in [-0.05, 0) is 31.2 Å². The van der Waals surface area contributed by atoms with Crippen molar-refractivity contribution in [1.82, 2.24) is 4.90 Å². The van der Waals surface area contributed by atoms with Crippen LogP contribution < -0.4 is 5.32 Å². The fourth-order valence-corrected chi connectivity index (χ4v) is 4.28. The van der Waals surface area contributed by atoms with Gasteiger partial charge >= 0.3 is 0 Å². The van der Waals surface area contributed by atoms with Crippen LogP contribution >= 0.6 is 0 Å². The summed E-state index contributed by atoms with van der Waals surface area (Å²) in [7, 11) is -1.18. The van der Waals surface area contributed by atoms with Gasteiger partial charge in [0.2, 0.25) is 5.91 Å². The molecule has 0 radical (unpaired) electrons. The van der Waals surface area contributed by atoms with Crippen LogP contribution in [0, 0.1) is 11.3 Å². The normalized spacial score (nSPS) is 19.8. The molecular weight excluding hydrogens is 302 g/mol. The minimum Gasteiger partial charge on any atom is -0.325 e. The molecule has 22 heavy (non-hydrogen) atoms. The molecular formula is C15H19N3O3S. The first-order chi connectivity index (χ1) is 10.4. The molecule has 1 unspecified atom stereocenters. The maximum absolute atomic E-state index is 12.0. The van der Waals surface area contributed by atoms with Crippen LogP contribution in [0.25, 0.3) is 0 Å². The van der Waals surface area contributed by atoms with Crippen LogP contribution in [0.15, 0.2) is 24.3 Å². The Morgan fingerprint density at radius 1 is 1.41 bits per heavy atom. The zero-order valence-electron chi connectivity index (χ0n) is 12.4. The highest BCUT2D eigenvalue weighted by molar-refractivity contribution is 7.91. The topological polar surface area (TPSA) is 90.3 Å². The van der Waals surface area contributed by atoms with Gasteiger partial charge in [-0.2, -0.15) is 5.26 Å². The van der Waals surface area contributed by atoms with Crippen molar-refractivity contribution in [3.8, 4) is 6.07 Å². The van der Waals surface area contributed by atoms with Gasteiger partial charge in [-0.15, -0.1) is 0 Å². The van der Waals surface area contributed by atoms with Crippen molar-refractivity contribution in [2.75, 3.05) is 30.4 Å². The van der Waals surface area contributed by atoms with E-state index in [2.05, 4.69) is 11.4 Å². The van der Waals surface area contributed by atoms with Crippen molar-refractivity contribution in [2.24, 2.45) is 0 Å². The van der Waals surface area contributed by atoms with E-state index in [0.717, 1.165) is 5.56 Å². The van der Waals surface area contributed by atoms with Gasteiger partial charge in [-0.3, -0.25) is 9.69 Å². The van der Waals surface area contributed by atoms with E-state index in [1.807, 2.05) is 0 Å². The number of rotatable bonds is 5. The van der Waals surface area contributed by atoms with Crippen molar-refractivity contribution >= 4 is 21.4 Å². The summed E-state index contributed by atoms with van der Waals surface area (Å²) in [5, 5.41) is 11.4. The number of carbonyl (C=O) groups excluding carboxylic acids is 1. The molecule has 1 aromatic carbocycles.